The van der Waals surface area contributed by atoms with E-state index in [1.807, 2.05) is 49.4 Å². The molecule has 0 unspecified atom stereocenters. The fourth-order valence-corrected chi connectivity index (χ4v) is 4.81. The lowest BCUT2D eigenvalue weighted by atomic mass is 10.2. The molecule has 1 fully saturated rings. The highest BCUT2D eigenvalue weighted by atomic mass is 79.9. The fraction of sp³-hybridized carbons (Fsp3) is 0.241. The predicted octanol–water partition coefficient (Wildman–Crippen LogP) is 4.34. The number of benzene rings is 3. The first-order valence-corrected chi connectivity index (χ1v) is 13.4. The van der Waals surface area contributed by atoms with Crippen molar-refractivity contribution < 1.29 is 19.0 Å². The normalized spacial score (nSPS) is 13.6. The van der Waals surface area contributed by atoms with Crippen molar-refractivity contribution in [2.75, 3.05) is 39.5 Å². The van der Waals surface area contributed by atoms with E-state index in [0.717, 1.165) is 5.56 Å². The zero-order valence-corrected chi connectivity index (χ0v) is 23.0. The van der Waals surface area contributed by atoms with Crippen LogP contribution in [0.5, 0.6) is 11.5 Å². The van der Waals surface area contributed by atoms with Crippen molar-refractivity contribution in [3.8, 4) is 22.9 Å². The molecular formula is C29H27BrN4O5. The van der Waals surface area contributed by atoms with Crippen molar-refractivity contribution in [2.45, 2.75) is 6.92 Å². The minimum absolute atomic E-state index is 0.116. The number of ether oxygens (including phenoxy) is 3. The maximum Gasteiger partial charge on any atom is 0.282 e. The van der Waals surface area contributed by atoms with Gasteiger partial charge < -0.3 is 19.1 Å². The summed E-state index contributed by atoms with van der Waals surface area (Å²) in [5.41, 5.74) is 1.75. The van der Waals surface area contributed by atoms with Crippen LogP contribution in [0.15, 0.2) is 81.1 Å². The molecule has 200 valence electrons. The van der Waals surface area contributed by atoms with Gasteiger partial charge in [0, 0.05) is 18.7 Å². The van der Waals surface area contributed by atoms with Gasteiger partial charge in [0.05, 0.1) is 41.4 Å². The molecule has 1 amide bonds. The second-order valence-electron chi connectivity index (χ2n) is 8.72. The van der Waals surface area contributed by atoms with Crippen molar-refractivity contribution in [3.05, 3.63) is 87.1 Å². The quantitative estimate of drug-likeness (QED) is 0.283. The third-order valence-electron chi connectivity index (χ3n) is 6.14. The fourth-order valence-electron chi connectivity index (χ4n) is 4.23. The van der Waals surface area contributed by atoms with Gasteiger partial charge in [0.1, 0.15) is 0 Å². The standard InChI is InChI=1S/C29H27BrN4O5/c1-2-38-25-17-20(16-23(30)27(25)39-19-26(35)33-12-14-37-15-13-33)18-31-34-28(21-8-4-3-5-9-21)32-24-11-7-6-10-22(24)29(34)36/h3-11,16-18H,2,12-15,19H2,1H3. The molecule has 4 aromatic rings. The molecule has 39 heavy (non-hydrogen) atoms. The maximum absolute atomic E-state index is 13.4. The van der Waals surface area contributed by atoms with Crippen molar-refractivity contribution in [1.29, 1.82) is 0 Å². The van der Waals surface area contributed by atoms with E-state index in [0.29, 0.717) is 71.2 Å². The summed E-state index contributed by atoms with van der Waals surface area (Å²) in [7, 11) is 0. The van der Waals surface area contributed by atoms with Crippen molar-refractivity contribution in [1.82, 2.24) is 14.6 Å². The number of nitrogens with zero attached hydrogens (tertiary/aromatic N) is 4. The number of para-hydroxylation sites is 1. The van der Waals surface area contributed by atoms with Crippen molar-refractivity contribution in [3.63, 3.8) is 0 Å². The first-order valence-electron chi connectivity index (χ1n) is 12.6. The van der Waals surface area contributed by atoms with E-state index in [1.54, 1.807) is 35.4 Å². The summed E-state index contributed by atoms with van der Waals surface area (Å²) in [5.74, 6) is 1.19. The number of hydrogen-bond donors (Lipinski definition) is 0. The van der Waals surface area contributed by atoms with Gasteiger partial charge in [-0.2, -0.15) is 9.78 Å². The number of aromatic nitrogens is 2. The monoisotopic (exact) mass is 590 g/mol. The molecule has 0 saturated carbocycles. The van der Waals surface area contributed by atoms with E-state index in [2.05, 4.69) is 21.0 Å². The molecule has 0 bridgehead atoms. The Morgan fingerprint density at radius 1 is 1.08 bits per heavy atom. The average Bonchev–Trinajstić information content (AvgIpc) is 2.97. The molecule has 0 aliphatic carbocycles. The van der Waals surface area contributed by atoms with Gasteiger partial charge in [0.15, 0.2) is 23.9 Å². The number of amides is 1. The molecule has 5 rings (SSSR count). The predicted molar refractivity (Wildman–Crippen MR) is 153 cm³/mol. The molecule has 1 saturated heterocycles. The van der Waals surface area contributed by atoms with Gasteiger partial charge in [-0.25, -0.2) is 4.98 Å². The molecule has 0 N–H and O–H groups in total. The van der Waals surface area contributed by atoms with E-state index in [4.69, 9.17) is 19.2 Å². The van der Waals surface area contributed by atoms with Gasteiger partial charge in [-0.05, 0) is 52.7 Å². The van der Waals surface area contributed by atoms with Crippen LogP contribution in [-0.2, 0) is 9.53 Å². The summed E-state index contributed by atoms with van der Waals surface area (Å²) < 4.78 is 18.9. The van der Waals surface area contributed by atoms with Crippen molar-refractivity contribution in [2.24, 2.45) is 5.10 Å². The second-order valence-corrected chi connectivity index (χ2v) is 9.58. The molecule has 1 aliphatic heterocycles. The molecule has 3 aromatic carbocycles. The maximum atomic E-state index is 13.4. The molecule has 1 aromatic heterocycles. The lowest BCUT2D eigenvalue weighted by molar-refractivity contribution is -0.137. The van der Waals surface area contributed by atoms with Crippen LogP contribution in [0.1, 0.15) is 12.5 Å². The van der Waals surface area contributed by atoms with Crippen LogP contribution in [0.3, 0.4) is 0 Å². The van der Waals surface area contributed by atoms with E-state index >= 15 is 0 Å². The Hall–Kier alpha value is -4.02. The molecule has 1 aliphatic rings. The molecule has 0 radical (unpaired) electrons. The highest BCUT2D eigenvalue weighted by molar-refractivity contribution is 9.10. The molecular weight excluding hydrogens is 564 g/mol. The van der Waals surface area contributed by atoms with E-state index < -0.39 is 0 Å². The Kier molecular flexibility index (Phi) is 8.33. The highest BCUT2D eigenvalue weighted by Crippen LogP contribution is 2.36. The largest absolute Gasteiger partial charge is 0.490 e. The number of rotatable bonds is 8. The number of carbonyl (C=O) groups is 1. The zero-order chi connectivity index (χ0) is 27.2. The minimum atomic E-state index is -0.277. The number of fused-ring (bicyclic) bond motifs is 1. The molecule has 9 nitrogen and oxygen atoms in total. The SMILES string of the molecule is CCOc1cc(C=Nn2c(-c3ccccc3)nc3ccccc3c2=O)cc(Br)c1OCC(=O)N1CCOCC1. The third kappa shape index (κ3) is 6.02. The smallest absolute Gasteiger partial charge is 0.282 e. The van der Waals surface area contributed by atoms with Gasteiger partial charge in [-0.3, -0.25) is 9.59 Å². The molecule has 0 spiro atoms. The van der Waals surface area contributed by atoms with E-state index in [1.165, 1.54) is 4.68 Å². The summed E-state index contributed by atoms with van der Waals surface area (Å²) in [5, 5.41) is 5.01. The van der Waals surface area contributed by atoms with Crippen LogP contribution in [0, 0.1) is 0 Å². The van der Waals surface area contributed by atoms with Crippen LogP contribution in [0.4, 0.5) is 0 Å². The number of hydrogen-bond acceptors (Lipinski definition) is 7. The minimum Gasteiger partial charge on any atom is -0.490 e. The van der Waals surface area contributed by atoms with Crippen LogP contribution >= 0.6 is 15.9 Å². The van der Waals surface area contributed by atoms with Crippen LogP contribution in [0.25, 0.3) is 22.3 Å². The van der Waals surface area contributed by atoms with Gasteiger partial charge in [0.2, 0.25) is 0 Å². The Morgan fingerprint density at radius 2 is 1.82 bits per heavy atom. The number of morpholine rings is 1. The lowest BCUT2D eigenvalue weighted by Gasteiger charge is -2.27. The zero-order valence-electron chi connectivity index (χ0n) is 21.4. The Morgan fingerprint density at radius 3 is 2.59 bits per heavy atom. The first-order chi connectivity index (χ1) is 19.0. The third-order valence-corrected chi connectivity index (χ3v) is 6.73. The van der Waals surface area contributed by atoms with Crippen LogP contribution < -0.4 is 15.0 Å². The average molecular weight is 591 g/mol. The Bertz CT molecular complexity index is 1570. The van der Waals surface area contributed by atoms with Crippen LogP contribution in [-0.4, -0.2) is 66.2 Å². The van der Waals surface area contributed by atoms with Gasteiger partial charge >= 0.3 is 0 Å². The number of carbonyl (C=O) groups excluding carboxylic acids is 1. The van der Waals surface area contributed by atoms with Gasteiger partial charge in [-0.1, -0.05) is 42.5 Å². The summed E-state index contributed by atoms with van der Waals surface area (Å²) in [6, 6.07) is 20.2. The van der Waals surface area contributed by atoms with E-state index in [-0.39, 0.29) is 18.1 Å². The molecule has 2 heterocycles. The van der Waals surface area contributed by atoms with Gasteiger partial charge in [-0.15, -0.1) is 0 Å². The lowest BCUT2D eigenvalue weighted by Crippen LogP contribution is -2.43. The summed E-state index contributed by atoms with van der Waals surface area (Å²) in [6.45, 7) is 4.28. The highest BCUT2D eigenvalue weighted by Gasteiger charge is 2.20. The number of halogens is 1. The topological polar surface area (TPSA) is 95.2 Å². The van der Waals surface area contributed by atoms with Gasteiger partial charge in [0.25, 0.3) is 11.5 Å². The first kappa shape index (κ1) is 26.6. The summed E-state index contributed by atoms with van der Waals surface area (Å²) in [4.78, 5) is 32.5. The summed E-state index contributed by atoms with van der Waals surface area (Å²) in [6.07, 6.45) is 1.57. The van der Waals surface area contributed by atoms with Crippen molar-refractivity contribution >= 4 is 39.0 Å². The van der Waals surface area contributed by atoms with Crippen LogP contribution in [0.2, 0.25) is 0 Å². The van der Waals surface area contributed by atoms with E-state index in [9.17, 15) is 9.59 Å². The Balaban J connectivity index is 1.47. The Labute approximate surface area is 233 Å². The summed E-state index contributed by atoms with van der Waals surface area (Å²) >= 11 is 3.55. The second kappa shape index (κ2) is 12.2. The molecule has 0 atom stereocenters. The molecule has 10 heteroatoms.